The first-order valence-electron chi connectivity index (χ1n) is 8.22. The summed E-state index contributed by atoms with van der Waals surface area (Å²) in [5, 5.41) is 0.697. The number of aromatic amines is 1. The SMILES string of the molecule is FC(F)(F)c1ccc2nc(N3CCN(c4cccc(Cl)c4)CC3)[nH]c2c1. The molecule has 136 valence electrons. The van der Waals surface area contributed by atoms with Gasteiger partial charge in [-0.25, -0.2) is 4.98 Å². The van der Waals surface area contributed by atoms with Gasteiger partial charge in [-0.2, -0.15) is 13.2 Å². The Morgan fingerprint density at radius 3 is 2.38 bits per heavy atom. The normalized spacial score (nSPS) is 15.7. The number of piperazine rings is 1. The van der Waals surface area contributed by atoms with Gasteiger partial charge in [0.2, 0.25) is 5.95 Å². The molecule has 8 heteroatoms. The summed E-state index contributed by atoms with van der Waals surface area (Å²) in [7, 11) is 0. The number of aromatic nitrogens is 2. The van der Waals surface area contributed by atoms with Gasteiger partial charge in [-0.1, -0.05) is 17.7 Å². The molecule has 1 fully saturated rings. The zero-order chi connectivity index (χ0) is 18.3. The second kappa shape index (κ2) is 6.39. The van der Waals surface area contributed by atoms with E-state index in [2.05, 4.69) is 14.9 Å². The van der Waals surface area contributed by atoms with Crippen molar-refractivity contribution in [2.45, 2.75) is 6.18 Å². The molecule has 1 aliphatic rings. The van der Waals surface area contributed by atoms with Crippen LogP contribution in [0.4, 0.5) is 24.8 Å². The second-order valence-corrected chi connectivity index (χ2v) is 6.68. The van der Waals surface area contributed by atoms with E-state index in [0.717, 1.165) is 44.0 Å². The Morgan fingerprint density at radius 1 is 0.962 bits per heavy atom. The minimum absolute atomic E-state index is 0.395. The summed E-state index contributed by atoms with van der Waals surface area (Å²) in [6.45, 7) is 3.01. The van der Waals surface area contributed by atoms with Crippen LogP contribution < -0.4 is 9.80 Å². The van der Waals surface area contributed by atoms with Crippen molar-refractivity contribution >= 4 is 34.3 Å². The number of hydrogen-bond acceptors (Lipinski definition) is 3. The molecule has 1 saturated heterocycles. The van der Waals surface area contributed by atoms with Gasteiger partial charge in [0.1, 0.15) is 0 Å². The topological polar surface area (TPSA) is 35.2 Å². The molecule has 0 amide bonds. The van der Waals surface area contributed by atoms with E-state index < -0.39 is 11.7 Å². The lowest BCUT2D eigenvalue weighted by Crippen LogP contribution is -2.46. The highest BCUT2D eigenvalue weighted by Crippen LogP contribution is 2.31. The smallest absolute Gasteiger partial charge is 0.368 e. The molecule has 0 atom stereocenters. The largest absolute Gasteiger partial charge is 0.416 e. The number of anilines is 2. The van der Waals surface area contributed by atoms with Gasteiger partial charge in [0.25, 0.3) is 0 Å². The number of rotatable bonds is 2. The Labute approximate surface area is 153 Å². The summed E-state index contributed by atoms with van der Waals surface area (Å²) in [6, 6.07) is 11.3. The molecule has 1 aliphatic heterocycles. The Hall–Kier alpha value is -2.41. The number of benzene rings is 2. The first kappa shape index (κ1) is 17.0. The highest BCUT2D eigenvalue weighted by molar-refractivity contribution is 6.30. The highest BCUT2D eigenvalue weighted by atomic mass is 35.5. The summed E-state index contributed by atoms with van der Waals surface area (Å²) in [5.41, 5.74) is 1.32. The third kappa shape index (κ3) is 3.31. The number of nitrogens with one attached hydrogen (secondary N) is 1. The molecular formula is C18H16ClF3N4. The molecule has 2 heterocycles. The van der Waals surface area contributed by atoms with Gasteiger partial charge in [0.15, 0.2) is 0 Å². The zero-order valence-electron chi connectivity index (χ0n) is 13.7. The van der Waals surface area contributed by atoms with Crippen molar-refractivity contribution in [3.8, 4) is 0 Å². The first-order chi connectivity index (χ1) is 12.4. The van der Waals surface area contributed by atoms with Gasteiger partial charge in [-0.05, 0) is 36.4 Å². The second-order valence-electron chi connectivity index (χ2n) is 6.24. The summed E-state index contributed by atoms with van der Waals surface area (Å²) in [4.78, 5) is 11.7. The molecule has 4 rings (SSSR count). The van der Waals surface area contributed by atoms with E-state index in [1.54, 1.807) is 0 Å². The Bertz CT molecular complexity index is 930. The van der Waals surface area contributed by atoms with Crippen LogP contribution in [-0.4, -0.2) is 36.1 Å². The van der Waals surface area contributed by atoms with Crippen LogP contribution in [0.5, 0.6) is 0 Å². The van der Waals surface area contributed by atoms with Crippen LogP contribution in [0.25, 0.3) is 11.0 Å². The monoisotopic (exact) mass is 380 g/mol. The van der Waals surface area contributed by atoms with Crippen molar-refractivity contribution in [2.75, 3.05) is 36.0 Å². The van der Waals surface area contributed by atoms with Crippen LogP contribution in [-0.2, 0) is 6.18 Å². The summed E-state index contributed by atoms with van der Waals surface area (Å²) in [5.74, 6) is 0.602. The maximum absolute atomic E-state index is 12.9. The summed E-state index contributed by atoms with van der Waals surface area (Å²) < 4.78 is 38.6. The van der Waals surface area contributed by atoms with E-state index in [-0.39, 0.29) is 0 Å². The molecule has 0 bridgehead atoms. The number of alkyl halides is 3. The first-order valence-corrected chi connectivity index (χ1v) is 8.60. The lowest BCUT2D eigenvalue weighted by atomic mass is 10.2. The lowest BCUT2D eigenvalue weighted by Gasteiger charge is -2.36. The maximum Gasteiger partial charge on any atom is 0.416 e. The van der Waals surface area contributed by atoms with Crippen molar-refractivity contribution in [2.24, 2.45) is 0 Å². The van der Waals surface area contributed by atoms with Crippen molar-refractivity contribution in [3.05, 3.63) is 53.1 Å². The van der Waals surface area contributed by atoms with Crippen molar-refractivity contribution in [3.63, 3.8) is 0 Å². The Balaban J connectivity index is 1.50. The van der Waals surface area contributed by atoms with Crippen LogP contribution in [0.1, 0.15) is 5.56 Å². The molecule has 1 aromatic heterocycles. The van der Waals surface area contributed by atoms with Gasteiger partial charge < -0.3 is 14.8 Å². The third-order valence-electron chi connectivity index (χ3n) is 4.55. The van der Waals surface area contributed by atoms with Gasteiger partial charge in [-0.3, -0.25) is 0 Å². The molecule has 1 N–H and O–H groups in total. The van der Waals surface area contributed by atoms with Crippen LogP contribution in [0.3, 0.4) is 0 Å². The maximum atomic E-state index is 12.9. The van der Waals surface area contributed by atoms with E-state index in [1.807, 2.05) is 29.2 Å². The van der Waals surface area contributed by atoms with Crippen LogP contribution >= 0.6 is 11.6 Å². The van der Waals surface area contributed by atoms with Crippen LogP contribution in [0, 0.1) is 0 Å². The van der Waals surface area contributed by atoms with Crippen LogP contribution in [0.2, 0.25) is 5.02 Å². The Morgan fingerprint density at radius 2 is 1.69 bits per heavy atom. The molecule has 0 radical (unpaired) electrons. The summed E-state index contributed by atoms with van der Waals surface area (Å²) >= 11 is 6.05. The fraction of sp³-hybridized carbons (Fsp3) is 0.278. The quantitative estimate of drug-likeness (QED) is 0.707. The minimum atomic E-state index is -4.36. The van der Waals surface area contributed by atoms with Crippen molar-refractivity contribution < 1.29 is 13.2 Å². The molecule has 2 aromatic carbocycles. The molecule has 0 unspecified atom stereocenters. The highest BCUT2D eigenvalue weighted by Gasteiger charge is 2.31. The molecule has 4 nitrogen and oxygen atoms in total. The fourth-order valence-corrected chi connectivity index (χ4v) is 3.36. The van der Waals surface area contributed by atoms with E-state index >= 15 is 0 Å². The van der Waals surface area contributed by atoms with Gasteiger partial charge in [-0.15, -0.1) is 0 Å². The number of fused-ring (bicyclic) bond motifs is 1. The number of nitrogens with zero attached hydrogens (tertiary/aromatic N) is 3. The van der Waals surface area contributed by atoms with E-state index in [0.29, 0.717) is 22.0 Å². The van der Waals surface area contributed by atoms with Crippen LogP contribution in [0.15, 0.2) is 42.5 Å². The van der Waals surface area contributed by atoms with E-state index in [9.17, 15) is 13.2 Å². The molecule has 0 saturated carbocycles. The van der Waals surface area contributed by atoms with E-state index in [4.69, 9.17) is 11.6 Å². The minimum Gasteiger partial charge on any atom is -0.368 e. The standard InChI is InChI=1S/C18H16ClF3N4/c19-13-2-1-3-14(11-13)25-6-8-26(9-7-25)17-23-15-5-4-12(18(20,21)22)10-16(15)24-17/h1-5,10-11H,6-9H2,(H,23,24). The number of hydrogen-bond donors (Lipinski definition) is 1. The van der Waals surface area contributed by atoms with Gasteiger partial charge >= 0.3 is 6.18 Å². The zero-order valence-corrected chi connectivity index (χ0v) is 14.5. The Kier molecular flexibility index (Phi) is 4.19. The number of H-pyrrole nitrogens is 1. The molecule has 3 aromatic rings. The average molecular weight is 381 g/mol. The summed E-state index contributed by atoms with van der Waals surface area (Å²) in [6.07, 6.45) is -4.36. The predicted molar refractivity (Wildman–Crippen MR) is 97.0 cm³/mol. The third-order valence-corrected chi connectivity index (χ3v) is 4.78. The average Bonchev–Trinajstić information content (AvgIpc) is 3.04. The molecule has 26 heavy (non-hydrogen) atoms. The lowest BCUT2D eigenvalue weighted by molar-refractivity contribution is -0.137. The predicted octanol–water partition coefficient (Wildman–Crippen LogP) is 4.56. The van der Waals surface area contributed by atoms with Crippen molar-refractivity contribution in [1.29, 1.82) is 0 Å². The van der Waals surface area contributed by atoms with Gasteiger partial charge in [0.05, 0.1) is 16.6 Å². The molecule has 0 aliphatic carbocycles. The van der Waals surface area contributed by atoms with E-state index in [1.165, 1.54) is 6.07 Å². The number of halogens is 4. The number of imidazole rings is 1. The fourth-order valence-electron chi connectivity index (χ4n) is 3.17. The molecule has 0 spiro atoms. The van der Waals surface area contributed by atoms with Crippen molar-refractivity contribution in [1.82, 2.24) is 9.97 Å². The van der Waals surface area contributed by atoms with Gasteiger partial charge in [0, 0.05) is 36.9 Å². The molecular weight excluding hydrogens is 365 g/mol.